The summed E-state index contributed by atoms with van der Waals surface area (Å²) in [5.41, 5.74) is 0.582. The summed E-state index contributed by atoms with van der Waals surface area (Å²) in [5.74, 6) is 0. The van der Waals surface area contributed by atoms with Crippen LogP contribution < -0.4 is 5.14 Å². The molecule has 0 aliphatic rings. The van der Waals surface area contributed by atoms with E-state index in [1.807, 2.05) is 0 Å². The lowest BCUT2D eigenvalue weighted by molar-refractivity contribution is 0.599. The molecule has 0 fully saturated rings. The largest absolute Gasteiger partial charge is 0.249 e. The molecule has 0 atom stereocenters. The highest BCUT2D eigenvalue weighted by Crippen LogP contribution is 2.36. The standard InChI is InChI=1S/C9H6Cl2N2O2S2/c10-6-3-1-2-5(8(6)11)9-13-4-7(16-9)17(12,14)15/h1-4H,(H2,12,14,15). The van der Waals surface area contributed by atoms with Crippen molar-refractivity contribution in [1.82, 2.24) is 4.98 Å². The Bertz CT molecular complexity index is 667. The van der Waals surface area contributed by atoms with Crippen LogP contribution in [0.1, 0.15) is 0 Å². The highest BCUT2D eigenvalue weighted by Gasteiger charge is 2.16. The number of aromatic nitrogens is 1. The summed E-state index contributed by atoms with van der Waals surface area (Å²) in [6.07, 6.45) is 1.20. The van der Waals surface area contributed by atoms with Gasteiger partial charge in [0.25, 0.3) is 0 Å². The third-order valence-corrected chi connectivity index (χ3v) is 5.20. The van der Waals surface area contributed by atoms with Crippen LogP contribution in [0, 0.1) is 0 Å². The minimum Gasteiger partial charge on any atom is -0.243 e. The molecular weight excluding hydrogens is 303 g/mol. The molecule has 1 heterocycles. The number of nitrogens with zero attached hydrogens (tertiary/aromatic N) is 1. The van der Waals surface area contributed by atoms with Crippen LogP contribution >= 0.6 is 34.5 Å². The Hall–Kier alpha value is -0.660. The highest BCUT2D eigenvalue weighted by atomic mass is 35.5. The van der Waals surface area contributed by atoms with Crippen LogP contribution in [0.5, 0.6) is 0 Å². The van der Waals surface area contributed by atoms with E-state index in [9.17, 15) is 8.42 Å². The molecule has 0 spiro atoms. The summed E-state index contributed by atoms with van der Waals surface area (Å²) in [5, 5.41) is 6.18. The first kappa shape index (κ1) is 12.8. The van der Waals surface area contributed by atoms with Gasteiger partial charge in [0.2, 0.25) is 10.0 Å². The molecule has 17 heavy (non-hydrogen) atoms. The van der Waals surface area contributed by atoms with Gasteiger partial charge >= 0.3 is 0 Å². The van der Waals surface area contributed by atoms with E-state index in [-0.39, 0.29) is 4.21 Å². The van der Waals surface area contributed by atoms with Crippen molar-refractivity contribution in [2.24, 2.45) is 5.14 Å². The van der Waals surface area contributed by atoms with Crippen LogP contribution in [-0.2, 0) is 10.0 Å². The maximum Gasteiger partial charge on any atom is 0.249 e. The van der Waals surface area contributed by atoms with Crippen molar-refractivity contribution in [2.45, 2.75) is 4.21 Å². The lowest BCUT2D eigenvalue weighted by Gasteiger charge is -2.01. The molecule has 2 aromatic rings. The summed E-state index contributed by atoms with van der Waals surface area (Å²) < 4.78 is 22.2. The number of thiazole rings is 1. The van der Waals surface area contributed by atoms with Gasteiger partial charge in [-0.2, -0.15) is 0 Å². The summed E-state index contributed by atoms with van der Waals surface area (Å²) in [4.78, 5) is 3.97. The fourth-order valence-electron chi connectivity index (χ4n) is 1.18. The predicted molar refractivity (Wildman–Crippen MR) is 68.9 cm³/mol. The fourth-order valence-corrected chi connectivity index (χ4v) is 3.21. The van der Waals surface area contributed by atoms with E-state index in [1.54, 1.807) is 18.2 Å². The molecule has 0 saturated carbocycles. The molecule has 4 nitrogen and oxygen atoms in total. The van der Waals surface area contributed by atoms with Crippen molar-refractivity contribution in [3.8, 4) is 10.6 Å². The molecule has 0 unspecified atom stereocenters. The fraction of sp³-hybridized carbons (Fsp3) is 0. The first-order valence-electron chi connectivity index (χ1n) is 4.32. The van der Waals surface area contributed by atoms with Gasteiger partial charge in [-0.3, -0.25) is 0 Å². The Morgan fingerprint density at radius 2 is 2.00 bits per heavy atom. The van der Waals surface area contributed by atoms with E-state index < -0.39 is 10.0 Å². The molecule has 1 aromatic carbocycles. The quantitative estimate of drug-likeness (QED) is 0.927. The van der Waals surface area contributed by atoms with Crippen molar-refractivity contribution in [3.63, 3.8) is 0 Å². The van der Waals surface area contributed by atoms with E-state index in [4.69, 9.17) is 28.3 Å². The molecule has 0 saturated heterocycles. The number of benzene rings is 1. The van der Waals surface area contributed by atoms with Crippen molar-refractivity contribution in [3.05, 3.63) is 34.4 Å². The van der Waals surface area contributed by atoms with Crippen molar-refractivity contribution in [2.75, 3.05) is 0 Å². The topological polar surface area (TPSA) is 73.1 Å². The van der Waals surface area contributed by atoms with Gasteiger partial charge in [-0.1, -0.05) is 35.3 Å². The second-order valence-electron chi connectivity index (χ2n) is 3.13. The number of rotatable bonds is 2. The van der Waals surface area contributed by atoms with Crippen molar-refractivity contribution in [1.29, 1.82) is 0 Å². The third-order valence-electron chi connectivity index (χ3n) is 1.95. The lowest BCUT2D eigenvalue weighted by Crippen LogP contribution is -2.09. The molecule has 90 valence electrons. The lowest BCUT2D eigenvalue weighted by atomic mass is 10.2. The van der Waals surface area contributed by atoms with E-state index >= 15 is 0 Å². The third kappa shape index (κ3) is 2.61. The van der Waals surface area contributed by atoms with E-state index in [0.717, 1.165) is 11.3 Å². The van der Waals surface area contributed by atoms with Gasteiger partial charge in [-0.25, -0.2) is 18.5 Å². The average molecular weight is 309 g/mol. The minimum atomic E-state index is -3.73. The molecule has 0 aliphatic carbocycles. The summed E-state index contributed by atoms with van der Waals surface area (Å²) in [7, 11) is -3.73. The number of hydrogen-bond acceptors (Lipinski definition) is 4. The molecular formula is C9H6Cl2N2O2S2. The van der Waals surface area contributed by atoms with E-state index in [2.05, 4.69) is 4.98 Å². The Balaban J connectivity index is 2.55. The summed E-state index contributed by atoms with van der Waals surface area (Å²) >= 11 is 12.8. The first-order chi connectivity index (χ1) is 7.89. The van der Waals surface area contributed by atoms with Crippen molar-refractivity contribution < 1.29 is 8.42 Å². The number of primary sulfonamides is 1. The van der Waals surface area contributed by atoms with Crippen LogP contribution in [0.15, 0.2) is 28.6 Å². The number of hydrogen-bond donors (Lipinski definition) is 1. The molecule has 0 bridgehead atoms. The van der Waals surface area contributed by atoms with Gasteiger partial charge in [0.05, 0.1) is 16.2 Å². The molecule has 1 aromatic heterocycles. The van der Waals surface area contributed by atoms with Gasteiger partial charge < -0.3 is 0 Å². The second kappa shape index (κ2) is 4.55. The first-order valence-corrected chi connectivity index (χ1v) is 7.44. The van der Waals surface area contributed by atoms with Gasteiger partial charge in [0.1, 0.15) is 5.01 Å². The molecule has 0 radical (unpaired) electrons. The van der Waals surface area contributed by atoms with Gasteiger partial charge in [0, 0.05) is 5.56 Å². The Labute approximate surface area is 112 Å². The van der Waals surface area contributed by atoms with Crippen LogP contribution in [-0.4, -0.2) is 13.4 Å². The molecule has 8 heteroatoms. The molecule has 0 amide bonds. The Morgan fingerprint density at radius 3 is 2.59 bits per heavy atom. The zero-order valence-electron chi connectivity index (χ0n) is 8.22. The number of sulfonamides is 1. The van der Waals surface area contributed by atoms with E-state index in [0.29, 0.717) is 20.6 Å². The number of halogens is 2. The van der Waals surface area contributed by atoms with Crippen molar-refractivity contribution >= 4 is 44.6 Å². The monoisotopic (exact) mass is 308 g/mol. The summed E-state index contributed by atoms with van der Waals surface area (Å²) in [6, 6.07) is 5.06. The average Bonchev–Trinajstić information content (AvgIpc) is 2.70. The Kier molecular flexibility index (Phi) is 3.42. The highest BCUT2D eigenvalue weighted by molar-refractivity contribution is 7.91. The minimum absolute atomic E-state index is 0.0106. The predicted octanol–water partition coefficient (Wildman–Crippen LogP) is 2.76. The maximum absolute atomic E-state index is 11.1. The van der Waals surface area contributed by atoms with E-state index in [1.165, 1.54) is 6.20 Å². The Morgan fingerprint density at radius 1 is 1.29 bits per heavy atom. The SMILES string of the molecule is NS(=O)(=O)c1cnc(-c2cccc(Cl)c2Cl)s1. The smallest absolute Gasteiger partial charge is 0.243 e. The van der Waals surface area contributed by atoms with Gasteiger partial charge in [0.15, 0.2) is 4.21 Å². The maximum atomic E-state index is 11.1. The zero-order valence-corrected chi connectivity index (χ0v) is 11.4. The number of nitrogens with two attached hydrogens (primary N) is 1. The second-order valence-corrected chi connectivity index (χ2v) is 6.73. The van der Waals surface area contributed by atoms with Crippen LogP contribution in [0.4, 0.5) is 0 Å². The molecule has 2 N–H and O–H groups in total. The molecule has 0 aliphatic heterocycles. The summed E-state index contributed by atoms with van der Waals surface area (Å²) in [6.45, 7) is 0. The van der Waals surface area contributed by atoms with Crippen LogP contribution in [0.25, 0.3) is 10.6 Å². The van der Waals surface area contributed by atoms with Crippen LogP contribution in [0.3, 0.4) is 0 Å². The molecule has 2 rings (SSSR count). The van der Waals surface area contributed by atoms with Crippen LogP contribution in [0.2, 0.25) is 10.0 Å². The normalized spacial score (nSPS) is 11.7. The zero-order chi connectivity index (χ0) is 12.6. The van der Waals surface area contributed by atoms with Gasteiger partial charge in [-0.15, -0.1) is 11.3 Å². The van der Waals surface area contributed by atoms with Gasteiger partial charge in [-0.05, 0) is 6.07 Å².